The highest BCUT2D eigenvalue weighted by molar-refractivity contribution is 7.15. The van der Waals surface area contributed by atoms with Crippen LogP contribution < -0.4 is 4.74 Å². The van der Waals surface area contributed by atoms with Gasteiger partial charge < -0.3 is 14.3 Å². The number of benzene rings is 2. The number of hydrogen-bond donors (Lipinski definition) is 1. The third-order valence-corrected chi connectivity index (χ3v) is 6.17. The molecule has 0 amide bonds. The number of aromatic nitrogens is 2. The van der Waals surface area contributed by atoms with Crippen LogP contribution in [0.2, 0.25) is 0 Å². The van der Waals surface area contributed by atoms with Gasteiger partial charge in [-0.05, 0) is 37.6 Å². The standard InChI is InChI=1S/C23H19F3N2O4S/c1-12-9-18-16(28-20(32-18)7-8-21(29)30)10-17(12)31-11-19-13(2)27-22(33-19)14-3-5-15(6-4-14)23(24,25)26/h3-6,9-10H,7-8,11H2,1-2H3,(H,29,30). The lowest BCUT2D eigenvalue weighted by molar-refractivity contribution is -0.138. The highest BCUT2D eigenvalue weighted by Crippen LogP contribution is 2.34. The zero-order valence-electron chi connectivity index (χ0n) is 17.7. The topological polar surface area (TPSA) is 85.5 Å². The van der Waals surface area contributed by atoms with Crippen LogP contribution in [0.1, 0.15) is 34.0 Å². The molecule has 0 saturated carbocycles. The number of carboxylic acid groups (broad SMARTS) is 1. The van der Waals surface area contributed by atoms with Crippen molar-refractivity contribution in [3.8, 4) is 16.3 Å². The van der Waals surface area contributed by atoms with E-state index >= 15 is 0 Å². The van der Waals surface area contributed by atoms with Gasteiger partial charge in [0.05, 0.1) is 22.6 Å². The summed E-state index contributed by atoms with van der Waals surface area (Å²) in [5.74, 6) is 0.0287. The third kappa shape index (κ3) is 5.16. The van der Waals surface area contributed by atoms with Crippen LogP contribution in [-0.2, 0) is 24.0 Å². The van der Waals surface area contributed by atoms with Gasteiger partial charge in [0.2, 0.25) is 0 Å². The van der Waals surface area contributed by atoms with E-state index in [0.717, 1.165) is 28.3 Å². The highest BCUT2D eigenvalue weighted by Gasteiger charge is 2.30. The van der Waals surface area contributed by atoms with Gasteiger partial charge in [0.1, 0.15) is 22.9 Å². The van der Waals surface area contributed by atoms with Gasteiger partial charge in [0.15, 0.2) is 11.5 Å². The van der Waals surface area contributed by atoms with Crippen molar-refractivity contribution in [2.45, 2.75) is 39.5 Å². The Hall–Kier alpha value is -3.40. The first-order chi connectivity index (χ1) is 15.6. The van der Waals surface area contributed by atoms with Crippen LogP contribution in [0.25, 0.3) is 21.7 Å². The monoisotopic (exact) mass is 476 g/mol. The fourth-order valence-corrected chi connectivity index (χ4v) is 4.19. The first-order valence-electron chi connectivity index (χ1n) is 9.99. The van der Waals surface area contributed by atoms with Crippen LogP contribution in [0.15, 0.2) is 40.8 Å². The number of nitrogens with zero attached hydrogens (tertiary/aromatic N) is 2. The molecule has 4 rings (SSSR count). The molecule has 33 heavy (non-hydrogen) atoms. The number of aryl methyl sites for hydroxylation is 3. The summed E-state index contributed by atoms with van der Waals surface area (Å²) >= 11 is 1.36. The van der Waals surface area contributed by atoms with Crippen LogP contribution in [-0.4, -0.2) is 21.0 Å². The molecular formula is C23H19F3N2O4S. The van der Waals surface area contributed by atoms with Crippen molar-refractivity contribution in [3.63, 3.8) is 0 Å². The zero-order chi connectivity index (χ0) is 23.8. The second-order valence-corrected chi connectivity index (χ2v) is 8.56. The zero-order valence-corrected chi connectivity index (χ0v) is 18.5. The van der Waals surface area contributed by atoms with Crippen molar-refractivity contribution in [1.82, 2.24) is 9.97 Å². The minimum absolute atomic E-state index is 0.0684. The maximum Gasteiger partial charge on any atom is 0.416 e. The van der Waals surface area contributed by atoms with E-state index in [9.17, 15) is 18.0 Å². The molecule has 0 aliphatic carbocycles. The van der Waals surface area contributed by atoms with Gasteiger partial charge in [-0.25, -0.2) is 9.97 Å². The van der Waals surface area contributed by atoms with E-state index in [1.54, 1.807) is 12.1 Å². The second-order valence-electron chi connectivity index (χ2n) is 7.48. The smallest absolute Gasteiger partial charge is 0.416 e. The number of carbonyl (C=O) groups is 1. The highest BCUT2D eigenvalue weighted by atomic mass is 32.1. The molecule has 10 heteroatoms. The van der Waals surface area contributed by atoms with Crippen LogP contribution >= 0.6 is 11.3 Å². The molecule has 0 bridgehead atoms. The Morgan fingerprint density at radius 1 is 1.15 bits per heavy atom. The van der Waals surface area contributed by atoms with Gasteiger partial charge in [-0.15, -0.1) is 11.3 Å². The molecule has 0 saturated heterocycles. The number of oxazole rings is 1. The number of halogens is 3. The SMILES string of the molecule is Cc1cc2oc(CCC(=O)O)nc2cc1OCc1sc(-c2ccc(C(F)(F)F)cc2)nc1C. The van der Waals surface area contributed by atoms with Crippen LogP contribution in [0.4, 0.5) is 13.2 Å². The minimum Gasteiger partial charge on any atom is -0.488 e. The average Bonchev–Trinajstić information content (AvgIpc) is 3.32. The van der Waals surface area contributed by atoms with Gasteiger partial charge >= 0.3 is 12.1 Å². The number of rotatable bonds is 7. The van der Waals surface area contributed by atoms with Gasteiger partial charge in [0, 0.05) is 18.1 Å². The maximum atomic E-state index is 12.8. The Balaban J connectivity index is 1.49. The quantitative estimate of drug-likeness (QED) is 0.343. The van der Waals surface area contributed by atoms with Crippen molar-refractivity contribution in [3.05, 3.63) is 64.0 Å². The van der Waals surface area contributed by atoms with Crippen molar-refractivity contribution in [2.24, 2.45) is 0 Å². The summed E-state index contributed by atoms with van der Waals surface area (Å²) in [5.41, 5.74) is 2.60. The molecule has 0 aliphatic rings. The predicted octanol–water partition coefficient (Wildman–Crippen LogP) is 6.18. The van der Waals surface area contributed by atoms with Crippen molar-refractivity contribution in [1.29, 1.82) is 0 Å². The summed E-state index contributed by atoms with van der Waals surface area (Å²) in [5, 5.41) is 9.44. The largest absolute Gasteiger partial charge is 0.488 e. The normalized spacial score (nSPS) is 11.8. The molecule has 2 aromatic heterocycles. The summed E-state index contributed by atoms with van der Waals surface area (Å²) < 4.78 is 50.0. The lowest BCUT2D eigenvalue weighted by Crippen LogP contribution is -2.03. The first kappa shape index (κ1) is 22.8. The Kier molecular flexibility index (Phi) is 6.11. The third-order valence-electron chi connectivity index (χ3n) is 4.99. The molecule has 0 aliphatic heterocycles. The summed E-state index contributed by atoms with van der Waals surface area (Å²) in [7, 11) is 0. The maximum absolute atomic E-state index is 12.8. The van der Waals surface area contributed by atoms with E-state index < -0.39 is 17.7 Å². The number of aliphatic carboxylic acids is 1. The van der Waals surface area contributed by atoms with Gasteiger partial charge in [-0.2, -0.15) is 13.2 Å². The van der Waals surface area contributed by atoms with E-state index in [4.69, 9.17) is 14.3 Å². The van der Waals surface area contributed by atoms with Crippen LogP contribution in [0.3, 0.4) is 0 Å². The molecule has 2 aromatic carbocycles. The molecule has 1 N–H and O–H groups in total. The average molecular weight is 476 g/mol. The van der Waals surface area contributed by atoms with Crippen molar-refractivity contribution < 1.29 is 32.2 Å². The number of ether oxygens (including phenoxy) is 1. The number of thiazole rings is 1. The number of carboxylic acids is 1. The van der Waals surface area contributed by atoms with Crippen molar-refractivity contribution >= 4 is 28.4 Å². The van der Waals surface area contributed by atoms with Gasteiger partial charge in [0.25, 0.3) is 0 Å². The lowest BCUT2D eigenvalue weighted by atomic mass is 10.1. The first-order valence-corrected chi connectivity index (χ1v) is 10.8. The van der Waals surface area contributed by atoms with E-state index in [1.165, 1.54) is 23.5 Å². The molecule has 0 unspecified atom stereocenters. The van der Waals surface area contributed by atoms with E-state index in [0.29, 0.717) is 33.3 Å². The Bertz CT molecular complexity index is 1310. The fourth-order valence-electron chi connectivity index (χ4n) is 3.21. The molecule has 6 nitrogen and oxygen atoms in total. The number of alkyl halides is 3. The minimum atomic E-state index is -4.38. The van der Waals surface area contributed by atoms with E-state index in [2.05, 4.69) is 9.97 Å². The fraction of sp³-hybridized carbons (Fsp3) is 0.261. The molecular weight excluding hydrogens is 457 g/mol. The molecule has 0 radical (unpaired) electrons. The Morgan fingerprint density at radius 2 is 1.88 bits per heavy atom. The Labute approximate surface area is 190 Å². The van der Waals surface area contributed by atoms with E-state index in [-0.39, 0.29) is 19.4 Å². The molecule has 172 valence electrons. The number of hydrogen-bond acceptors (Lipinski definition) is 6. The van der Waals surface area contributed by atoms with Crippen LogP contribution in [0, 0.1) is 13.8 Å². The predicted molar refractivity (Wildman–Crippen MR) is 116 cm³/mol. The molecule has 0 fully saturated rings. The second kappa shape index (κ2) is 8.86. The summed E-state index contributed by atoms with van der Waals surface area (Å²) in [6, 6.07) is 8.44. The van der Waals surface area contributed by atoms with Crippen molar-refractivity contribution in [2.75, 3.05) is 0 Å². The summed E-state index contributed by atoms with van der Waals surface area (Å²) in [6.07, 6.45) is -4.25. The molecule has 0 spiro atoms. The van der Waals surface area contributed by atoms with Crippen LogP contribution in [0.5, 0.6) is 5.75 Å². The van der Waals surface area contributed by atoms with Gasteiger partial charge in [-0.3, -0.25) is 4.79 Å². The summed E-state index contributed by atoms with van der Waals surface area (Å²) in [6.45, 7) is 3.92. The van der Waals surface area contributed by atoms with Gasteiger partial charge in [-0.1, -0.05) is 12.1 Å². The molecule has 4 aromatic rings. The summed E-state index contributed by atoms with van der Waals surface area (Å²) in [4.78, 5) is 20.4. The lowest BCUT2D eigenvalue weighted by Gasteiger charge is -2.08. The molecule has 2 heterocycles. The number of fused-ring (bicyclic) bond motifs is 1. The Morgan fingerprint density at radius 3 is 2.55 bits per heavy atom. The molecule has 0 atom stereocenters. The van der Waals surface area contributed by atoms with E-state index in [1.807, 2.05) is 13.8 Å².